The average molecular weight is 349 g/mol. The SMILES string of the molecule is CCc1ccc([C@@H](C)NC(=O)Cn2c(C)nc3ccccc3c2=O)cc1. The molecule has 0 bridgehead atoms. The molecular formula is C21H23N3O2. The number of aromatic nitrogens is 2. The third-order valence-electron chi connectivity index (χ3n) is 4.62. The Morgan fingerprint density at radius 2 is 1.85 bits per heavy atom. The number of aryl methyl sites for hydroxylation is 2. The van der Waals surface area contributed by atoms with Gasteiger partial charge in [0.2, 0.25) is 5.91 Å². The first-order valence-electron chi connectivity index (χ1n) is 8.84. The Balaban J connectivity index is 1.77. The number of amides is 1. The van der Waals surface area contributed by atoms with Crippen molar-refractivity contribution in [2.75, 3.05) is 0 Å². The van der Waals surface area contributed by atoms with Crippen molar-refractivity contribution in [1.82, 2.24) is 14.9 Å². The molecule has 5 heteroatoms. The molecule has 1 heterocycles. The van der Waals surface area contributed by atoms with Gasteiger partial charge < -0.3 is 5.32 Å². The molecule has 0 radical (unpaired) electrons. The molecule has 1 N–H and O–H groups in total. The van der Waals surface area contributed by atoms with Crippen molar-refractivity contribution in [2.24, 2.45) is 0 Å². The first-order chi connectivity index (χ1) is 12.5. The molecule has 3 aromatic rings. The van der Waals surface area contributed by atoms with E-state index >= 15 is 0 Å². The summed E-state index contributed by atoms with van der Waals surface area (Å²) in [6.07, 6.45) is 0.984. The van der Waals surface area contributed by atoms with E-state index in [2.05, 4.69) is 29.4 Å². The molecule has 26 heavy (non-hydrogen) atoms. The summed E-state index contributed by atoms with van der Waals surface area (Å²) in [4.78, 5) is 29.5. The monoisotopic (exact) mass is 349 g/mol. The Labute approximate surface area is 152 Å². The van der Waals surface area contributed by atoms with E-state index in [1.807, 2.05) is 25.1 Å². The molecule has 5 nitrogen and oxygen atoms in total. The number of benzene rings is 2. The van der Waals surface area contributed by atoms with Crippen LogP contribution in [0.25, 0.3) is 10.9 Å². The second-order valence-electron chi connectivity index (χ2n) is 6.45. The first kappa shape index (κ1) is 17.9. The fourth-order valence-corrected chi connectivity index (χ4v) is 3.02. The number of fused-ring (bicyclic) bond motifs is 1. The Kier molecular flexibility index (Phi) is 5.16. The lowest BCUT2D eigenvalue weighted by molar-refractivity contribution is -0.122. The summed E-state index contributed by atoms with van der Waals surface area (Å²) in [6, 6.07) is 15.2. The van der Waals surface area contributed by atoms with Gasteiger partial charge in [0.1, 0.15) is 12.4 Å². The standard InChI is InChI=1S/C21H23N3O2/c1-4-16-9-11-17(12-10-16)14(2)22-20(25)13-24-15(3)23-19-8-6-5-7-18(19)21(24)26/h5-12,14H,4,13H2,1-3H3,(H,22,25)/t14-/m1/s1. The van der Waals surface area contributed by atoms with Crippen LogP contribution in [-0.2, 0) is 17.8 Å². The van der Waals surface area contributed by atoms with Crippen molar-refractivity contribution < 1.29 is 4.79 Å². The lowest BCUT2D eigenvalue weighted by Gasteiger charge is -2.16. The molecule has 1 amide bonds. The number of nitrogens with one attached hydrogen (secondary N) is 1. The molecule has 3 rings (SSSR count). The Morgan fingerprint density at radius 1 is 1.15 bits per heavy atom. The third-order valence-corrected chi connectivity index (χ3v) is 4.62. The van der Waals surface area contributed by atoms with Crippen LogP contribution in [0.15, 0.2) is 53.3 Å². The largest absolute Gasteiger partial charge is 0.348 e. The molecule has 0 spiro atoms. The van der Waals surface area contributed by atoms with Gasteiger partial charge in [0.25, 0.3) is 5.56 Å². The number of hydrogen-bond donors (Lipinski definition) is 1. The highest BCUT2D eigenvalue weighted by molar-refractivity contribution is 5.79. The Bertz CT molecular complexity index is 990. The fourth-order valence-electron chi connectivity index (χ4n) is 3.02. The number of nitrogens with zero attached hydrogens (tertiary/aromatic N) is 2. The predicted octanol–water partition coefficient (Wildman–Crippen LogP) is 3.14. The van der Waals surface area contributed by atoms with Gasteiger partial charge >= 0.3 is 0 Å². The molecule has 1 atom stereocenters. The van der Waals surface area contributed by atoms with Crippen LogP contribution in [0.1, 0.15) is 36.8 Å². The molecule has 0 aliphatic carbocycles. The highest BCUT2D eigenvalue weighted by atomic mass is 16.2. The number of rotatable bonds is 5. The molecule has 0 saturated heterocycles. The van der Waals surface area contributed by atoms with Crippen molar-refractivity contribution in [3.8, 4) is 0 Å². The van der Waals surface area contributed by atoms with Gasteiger partial charge in [-0.15, -0.1) is 0 Å². The van der Waals surface area contributed by atoms with Crippen molar-refractivity contribution in [3.63, 3.8) is 0 Å². The number of para-hydroxylation sites is 1. The second-order valence-corrected chi connectivity index (χ2v) is 6.45. The van der Waals surface area contributed by atoms with Crippen LogP contribution < -0.4 is 10.9 Å². The van der Waals surface area contributed by atoms with Gasteiger partial charge in [-0.25, -0.2) is 4.98 Å². The third kappa shape index (κ3) is 3.67. The minimum Gasteiger partial charge on any atom is -0.348 e. The van der Waals surface area contributed by atoms with E-state index in [4.69, 9.17) is 0 Å². The highest BCUT2D eigenvalue weighted by Gasteiger charge is 2.14. The number of carbonyl (C=O) groups is 1. The van der Waals surface area contributed by atoms with Crippen molar-refractivity contribution in [3.05, 3.63) is 75.8 Å². The van der Waals surface area contributed by atoms with E-state index in [1.165, 1.54) is 10.1 Å². The minimum atomic E-state index is -0.209. The topological polar surface area (TPSA) is 64.0 Å². The molecule has 134 valence electrons. The van der Waals surface area contributed by atoms with Gasteiger partial charge in [0.15, 0.2) is 0 Å². The van der Waals surface area contributed by atoms with Crippen LogP contribution in [0.2, 0.25) is 0 Å². The van der Waals surface area contributed by atoms with Crippen LogP contribution in [0.5, 0.6) is 0 Å². The molecule has 0 unspecified atom stereocenters. The predicted molar refractivity (Wildman–Crippen MR) is 103 cm³/mol. The summed E-state index contributed by atoms with van der Waals surface area (Å²) in [6.45, 7) is 5.75. The van der Waals surface area contributed by atoms with E-state index in [-0.39, 0.29) is 24.1 Å². The van der Waals surface area contributed by atoms with Gasteiger partial charge in [0, 0.05) is 0 Å². The maximum Gasteiger partial charge on any atom is 0.261 e. The summed E-state index contributed by atoms with van der Waals surface area (Å²) in [7, 11) is 0. The molecular weight excluding hydrogens is 326 g/mol. The van der Waals surface area contributed by atoms with Crippen molar-refractivity contribution >= 4 is 16.8 Å². The lowest BCUT2D eigenvalue weighted by Crippen LogP contribution is -2.35. The quantitative estimate of drug-likeness (QED) is 0.770. The fraction of sp³-hybridized carbons (Fsp3) is 0.286. The van der Waals surface area contributed by atoms with Crippen molar-refractivity contribution in [2.45, 2.75) is 39.8 Å². The zero-order valence-electron chi connectivity index (χ0n) is 15.3. The Hall–Kier alpha value is -2.95. The minimum absolute atomic E-state index is 0.0418. The van der Waals surface area contributed by atoms with Gasteiger partial charge in [0.05, 0.1) is 16.9 Å². The molecule has 1 aromatic heterocycles. The van der Waals surface area contributed by atoms with E-state index in [0.717, 1.165) is 12.0 Å². The van der Waals surface area contributed by atoms with Gasteiger partial charge in [-0.2, -0.15) is 0 Å². The smallest absolute Gasteiger partial charge is 0.261 e. The van der Waals surface area contributed by atoms with Gasteiger partial charge in [-0.3, -0.25) is 14.2 Å². The van der Waals surface area contributed by atoms with Crippen LogP contribution in [0.3, 0.4) is 0 Å². The summed E-state index contributed by atoms with van der Waals surface area (Å²) in [5.74, 6) is 0.322. The molecule has 0 saturated carbocycles. The summed E-state index contributed by atoms with van der Waals surface area (Å²) in [5, 5.41) is 3.48. The molecule has 0 aliphatic rings. The lowest BCUT2D eigenvalue weighted by atomic mass is 10.1. The maximum absolute atomic E-state index is 12.7. The summed E-state index contributed by atoms with van der Waals surface area (Å²) < 4.78 is 1.42. The molecule has 0 fully saturated rings. The van der Waals surface area contributed by atoms with Gasteiger partial charge in [-0.1, -0.05) is 43.3 Å². The van der Waals surface area contributed by atoms with E-state index in [0.29, 0.717) is 16.7 Å². The zero-order chi connectivity index (χ0) is 18.7. The molecule has 0 aliphatic heterocycles. The second kappa shape index (κ2) is 7.52. The highest BCUT2D eigenvalue weighted by Crippen LogP contribution is 2.14. The first-order valence-corrected chi connectivity index (χ1v) is 8.84. The van der Waals surface area contributed by atoms with E-state index < -0.39 is 0 Å². The van der Waals surface area contributed by atoms with Gasteiger partial charge in [-0.05, 0) is 43.5 Å². The van der Waals surface area contributed by atoms with Crippen LogP contribution >= 0.6 is 0 Å². The Morgan fingerprint density at radius 3 is 2.54 bits per heavy atom. The van der Waals surface area contributed by atoms with Crippen LogP contribution in [0, 0.1) is 6.92 Å². The van der Waals surface area contributed by atoms with Crippen molar-refractivity contribution in [1.29, 1.82) is 0 Å². The summed E-state index contributed by atoms with van der Waals surface area (Å²) in [5.41, 5.74) is 2.76. The average Bonchev–Trinajstić information content (AvgIpc) is 2.65. The van der Waals surface area contributed by atoms with E-state index in [9.17, 15) is 9.59 Å². The van der Waals surface area contributed by atoms with Crippen LogP contribution in [0.4, 0.5) is 0 Å². The van der Waals surface area contributed by atoms with Crippen LogP contribution in [-0.4, -0.2) is 15.5 Å². The zero-order valence-corrected chi connectivity index (χ0v) is 15.3. The number of hydrogen-bond acceptors (Lipinski definition) is 3. The van der Waals surface area contributed by atoms with E-state index in [1.54, 1.807) is 25.1 Å². The molecule has 2 aromatic carbocycles. The maximum atomic E-state index is 12.7. The summed E-state index contributed by atoms with van der Waals surface area (Å²) >= 11 is 0. The normalized spacial score (nSPS) is 12.1. The number of carbonyl (C=O) groups excluding carboxylic acids is 1.